The molecule has 2 unspecified atom stereocenters. The van der Waals surface area contributed by atoms with Crippen LogP contribution in [-0.4, -0.2) is 44.7 Å². The first-order valence-corrected chi connectivity index (χ1v) is 9.29. The Bertz CT molecular complexity index is 728. The quantitative estimate of drug-likeness (QED) is 0.251. The van der Waals surface area contributed by atoms with E-state index in [0.717, 1.165) is 6.07 Å². The van der Waals surface area contributed by atoms with E-state index in [-0.39, 0.29) is 17.0 Å². The fourth-order valence-corrected chi connectivity index (χ4v) is 2.38. The minimum absolute atomic E-state index is 0.00870. The largest absolute Gasteiger partial charge is 0.480 e. The number of carboxylic acid groups (broad SMARTS) is 1. The fraction of sp³-hybridized carbons (Fsp3) is 0.500. The summed E-state index contributed by atoms with van der Waals surface area (Å²) in [6.07, 6.45) is -0.0730. The lowest BCUT2D eigenvalue weighted by atomic mass is 10.0. The molecule has 1 aromatic rings. The van der Waals surface area contributed by atoms with E-state index < -0.39 is 35.7 Å². The maximum absolute atomic E-state index is 14.1. The van der Waals surface area contributed by atoms with Crippen LogP contribution in [0.25, 0.3) is 0 Å². The number of amides is 1. The second-order valence-corrected chi connectivity index (χ2v) is 7.29. The first-order valence-electron chi connectivity index (χ1n) is 8.78. The Morgan fingerprint density at radius 2 is 1.96 bits per heavy atom. The van der Waals surface area contributed by atoms with E-state index in [1.165, 1.54) is 12.1 Å². The Kier molecular flexibility index (Phi) is 9.53. The van der Waals surface area contributed by atoms with Gasteiger partial charge in [0.15, 0.2) is 11.5 Å². The first kappa shape index (κ1) is 24.0. The fourth-order valence-electron chi connectivity index (χ4n) is 2.29. The zero-order valence-electron chi connectivity index (χ0n) is 16.2. The maximum atomic E-state index is 14.1. The summed E-state index contributed by atoms with van der Waals surface area (Å²) in [6.45, 7) is 7.01. The number of aliphatic hydroxyl groups excluding tert-OH is 1. The van der Waals surface area contributed by atoms with Crippen LogP contribution < -0.4 is 16.0 Å². The normalized spacial score (nSPS) is 15.2. The van der Waals surface area contributed by atoms with Crippen LogP contribution >= 0.6 is 12.6 Å². The zero-order valence-corrected chi connectivity index (χ0v) is 17.1. The highest BCUT2D eigenvalue weighted by atomic mass is 32.1. The molecule has 3 atom stereocenters. The lowest BCUT2D eigenvalue weighted by Crippen LogP contribution is -2.49. The van der Waals surface area contributed by atoms with Gasteiger partial charge in [-0.15, -0.1) is 0 Å². The number of aliphatic hydroxyl groups is 1. The van der Waals surface area contributed by atoms with Crippen LogP contribution in [0.5, 0.6) is 0 Å². The summed E-state index contributed by atoms with van der Waals surface area (Å²) in [5.74, 6) is -3.12. The van der Waals surface area contributed by atoms with Gasteiger partial charge in [0, 0.05) is 11.9 Å². The van der Waals surface area contributed by atoms with Crippen LogP contribution in [-0.2, 0) is 11.3 Å². The Morgan fingerprint density at radius 3 is 2.46 bits per heavy atom. The van der Waals surface area contributed by atoms with Gasteiger partial charge in [0.05, 0.1) is 11.4 Å². The molecule has 10 heteroatoms. The second kappa shape index (κ2) is 11.1. The van der Waals surface area contributed by atoms with E-state index >= 15 is 0 Å². The van der Waals surface area contributed by atoms with Crippen molar-refractivity contribution in [1.29, 1.82) is 0 Å². The predicted octanol–water partition coefficient (Wildman–Crippen LogP) is 1.24. The van der Waals surface area contributed by atoms with Crippen LogP contribution in [0.3, 0.4) is 0 Å². The molecule has 5 N–H and O–H groups in total. The van der Waals surface area contributed by atoms with E-state index in [1.807, 2.05) is 6.92 Å². The third-order valence-corrected chi connectivity index (χ3v) is 4.01. The topological polar surface area (TPSA) is 124 Å². The van der Waals surface area contributed by atoms with E-state index in [4.69, 9.17) is 0 Å². The molecule has 1 rings (SSSR count). The van der Waals surface area contributed by atoms with Gasteiger partial charge >= 0.3 is 5.97 Å². The number of pyridine rings is 1. The summed E-state index contributed by atoms with van der Waals surface area (Å²) in [5, 5.41) is 27.2. The van der Waals surface area contributed by atoms with Crippen LogP contribution in [0.1, 0.15) is 43.9 Å². The Balaban J connectivity index is 2.91. The predicted molar refractivity (Wildman–Crippen MR) is 106 cm³/mol. The number of thiol groups is 1. The maximum Gasteiger partial charge on any atom is 0.321 e. The van der Waals surface area contributed by atoms with E-state index in [2.05, 4.69) is 33.6 Å². The van der Waals surface area contributed by atoms with Gasteiger partial charge in [0.1, 0.15) is 12.3 Å². The van der Waals surface area contributed by atoms with Crippen LogP contribution in [0.4, 0.5) is 4.39 Å². The van der Waals surface area contributed by atoms with Crippen molar-refractivity contribution < 1.29 is 24.2 Å². The number of allylic oxidation sites excluding steroid dienone is 1. The average molecular weight is 415 g/mol. The molecule has 0 aromatic carbocycles. The Morgan fingerprint density at radius 1 is 1.32 bits per heavy atom. The number of nitrogens with zero attached hydrogens (tertiary/aromatic N) is 1. The molecule has 156 valence electrons. The third kappa shape index (κ3) is 7.19. The number of carbonyl (C=O) groups is 2. The van der Waals surface area contributed by atoms with Gasteiger partial charge in [-0.1, -0.05) is 19.9 Å². The summed E-state index contributed by atoms with van der Waals surface area (Å²) in [5.41, 5.74) is 0.000760. The highest BCUT2D eigenvalue weighted by molar-refractivity contribution is 7.80. The number of halogens is 1. The molecule has 0 spiro atoms. The zero-order chi connectivity index (χ0) is 21.4. The molecule has 0 aliphatic heterocycles. The van der Waals surface area contributed by atoms with Gasteiger partial charge in [-0.3, -0.25) is 14.9 Å². The molecule has 0 aliphatic carbocycles. The molecule has 0 fully saturated rings. The summed E-state index contributed by atoms with van der Waals surface area (Å²) < 4.78 is 14.1. The van der Waals surface area contributed by atoms with Crippen LogP contribution in [0.15, 0.2) is 23.9 Å². The summed E-state index contributed by atoms with van der Waals surface area (Å²) in [7, 11) is 0. The molecule has 0 saturated carbocycles. The number of hydrogen-bond acceptors (Lipinski definition) is 7. The molecular weight excluding hydrogens is 387 g/mol. The molecule has 8 nitrogen and oxygen atoms in total. The standard InChI is InChI=1S/C18H27FN4O4S/c1-5-13(16(24)23-14(9(2)3)18(26)27)22-17(25)15-12(19)7-6-11(21-15)8-20-10(4)28/h5-7,9-10,14,16,20,23-24,28H,8H2,1-4H3,(H,22,25)(H,26,27)/b13-5-/t10?,14-,16?/m0/s1. The van der Waals surface area contributed by atoms with Crippen molar-refractivity contribution in [2.45, 2.75) is 51.9 Å². The van der Waals surface area contributed by atoms with Gasteiger partial charge < -0.3 is 20.8 Å². The van der Waals surface area contributed by atoms with Crippen molar-refractivity contribution in [1.82, 2.24) is 20.9 Å². The highest BCUT2D eigenvalue weighted by Gasteiger charge is 2.26. The first-order chi connectivity index (χ1) is 13.1. The van der Waals surface area contributed by atoms with Crippen molar-refractivity contribution in [3.8, 4) is 0 Å². The second-order valence-electron chi connectivity index (χ2n) is 6.52. The average Bonchev–Trinajstić information content (AvgIpc) is 2.62. The molecule has 0 radical (unpaired) electrons. The lowest BCUT2D eigenvalue weighted by Gasteiger charge is -2.24. The van der Waals surface area contributed by atoms with Gasteiger partial charge in [0.25, 0.3) is 5.91 Å². The smallest absolute Gasteiger partial charge is 0.321 e. The van der Waals surface area contributed by atoms with Crippen molar-refractivity contribution in [3.05, 3.63) is 41.1 Å². The van der Waals surface area contributed by atoms with E-state index in [9.17, 15) is 24.2 Å². The van der Waals surface area contributed by atoms with E-state index in [1.54, 1.807) is 20.8 Å². The van der Waals surface area contributed by atoms with Gasteiger partial charge in [0.2, 0.25) is 0 Å². The summed E-state index contributed by atoms with van der Waals surface area (Å²) in [4.78, 5) is 27.7. The molecule has 1 aromatic heterocycles. The number of carbonyl (C=O) groups excluding carboxylic acids is 1. The summed E-state index contributed by atoms with van der Waals surface area (Å²) in [6, 6.07) is 1.54. The molecule has 0 aliphatic rings. The number of carboxylic acids is 1. The van der Waals surface area contributed by atoms with E-state index in [0.29, 0.717) is 12.2 Å². The lowest BCUT2D eigenvalue weighted by molar-refractivity contribution is -0.141. The molecule has 28 heavy (non-hydrogen) atoms. The minimum Gasteiger partial charge on any atom is -0.480 e. The van der Waals surface area contributed by atoms with Crippen molar-refractivity contribution in [2.24, 2.45) is 5.92 Å². The molecule has 1 amide bonds. The highest BCUT2D eigenvalue weighted by Crippen LogP contribution is 2.10. The SMILES string of the molecule is C/C=C(\NC(=O)c1nc(CNC(C)S)ccc1F)C(O)N[C@H](C(=O)O)C(C)C. The number of hydrogen-bond donors (Lipinski definition) is 6. The minimum atomic E-state index is -1.46. The number of aliphatic carboxylic acids is 1. The van der Waals surface area contributed by atoms with Crippen molar-refractivity contribution in [2.75, 3.05) is 0 Å². The van der Waals surface area contributed by atoms with Crippen molar-refractivity contribution >= 4 is 24.5 Å². The van der Waals surface area contributed by atoms with Crippen LogP contribution in [0, 0.1) is 11.7 Å². The monoisotopic (exact) mass is 414 g/mol. The number of rotatable bonds is 10. The molecule has 0 saturated heterocycles. The third-order valence-electron chi connectivity index (χ3n) is 3.83. The van der Waals surface area contributed by atoms with Gasteiger partial charge in [-0.05, 0) is 31.9 Å². The summed E-state index contributed by atoms with van der Waals surface area (Å²) >= 11 is 4.18. The number of nitrogens with one attached hydrogen (secondary N) is 3. The molecule has 1 heterocycles. The Labute approximate surface area is 169 Å². The van der Waals surface area contributed by atoms with Crippen molar-refractivity contribution in [3.63, 3.8) is 0 Å². The van der Waals surface area contributed by atoms with Gasteiger partial charge in [-0.25, -0.2) is 9.37 Å². The van der Waals surface area contributed by atoms with Gasteiger partial charge in [-0.2, -0.15) is 12.6 Å². The molecular formula is C18H27FN4O4S. The van der Waals surface area contributed by atoms with Crippen LogP contribution in [0.2, 0.25) is 0 Å². The molecule has 0 bridgehead atoms. The number of aromatic nitrogens is 1. The Hall–Kier alpha value is -2.01.